The minimum absolute atomic E-state index is 0.144. The van der Waals surface area contributed by atoms with Gasteiger partial charge >= 0.3 is 6.18 Å². The molecule has 1 rings (SSSR count). The van der Waals surface area contributed by atoms with Gasteiger partial charge in [0, 0.05) is 12.2 Å². The summed E-state index contributed by atoms with van der Waals surface area (Å²) >= 11 is 0. The van der Waals surface area contributed by atoms with Crippen LogP contribution in [0.25, 0.3) is 0 Å². The number of benzene rings is 1. The maximum absolute atomic E-state index is 12.7. The van der Waals surface area contributed by atoms with E-state index in [-0.39, 0.29) is 5.69 Å². The maximum Gasteiger partial charge on any atom is 0.418 e. The summed E-state index contributed by atoms with van der Waals surface area (Å²) in [6, 6.07) is 5.53. The first kappa shape index (κ1) is 14.8. The highest BCUT2D eigenvalue weighted by atomic mass is 19.4. The van der Waals surface area contributed by atoms with Crippen LogP contribution >= 0.6 is 0 Å². The van der Waals surface area contributed by atoms with Gasteiger partial charge in [-0.05, 0) is 37.4 Å². The number of para-hydroxylation sites is 1. The van der Waals surface area contributed by atoms with Crippen LogP contribution < -0.4 is 11.1 Å². The molecule has 0 aliphatic carbocycles. The number of halogens is 3. The van der Waals surface area contributed by atoms with E-state index < -0.39 is 11.7 Å². The highest BCUT2D eigenvalue weighted by Gasteiger charge is 2.32. The molecule has 0 aromatic heterocycles. The predicted octanol–water partition coefficient (Wildman–Crippen LogP) is 3.49. The van der Waals surface area contributed by atoms with Crippen molar-refractivity contribution in [3.8, 4) is 0 Å². The molecule has 0 amide bonds. The van der Waals surface area contributed by atoms with Crippen molar-refractivity contribution in [1.29, 1.82) is 0 Å². The van der Waals surface area contributed by atoms with Crippen molar-refractivity contribution in [3.05, 3.63) is 29.8 Å². The number of hydrogen-bond donors (Lipinski definition) is 2. The van der Waals surface area contributed by atoms with Gasteiger partial charge < -0.3 is 11.1 Å². The van der Waals surface area contributed by atoms with E-state index in [4.69, 9.17) is 5.73 Å². The van der Waals surface area contributed by atoms with Crippen LogP contribution in [0.2, 0.25) is 0 Å². The van der Waals surface area contributed by atoms with Gasteiger partial charge in [0.15, 0.2) is 0 Å². The number of rotatable bonds is 6. The van der Waals surface area contributed by atoms with Crippen molar-refractivity contribution < 1.29 is 13.2 Å². The van der Waals surface area contributed by atoms with Gasteiger partial charge in [0.2, 0.25) is 0 Å². The smallest absolute Gasteiger partial charge is 0.385 e. The molecule has 102 valence electrons. The zero-order chi connectivity index (χ0) is 13.6. The molecular weight excluding hydrogens is 241 g/mol. The zero-order valence-corrected chi connectivity index (χ0v) is 10.4. The standard InChI is InChI=1S/C13H19F3N2/c1-10(9-17)5-4-8-18-12-7-3-2-6-11(12)13(14,15)16/h2-3,6-7,10,18H,4-5,8-9,17H2,1H3. The van der Waals surface area contributed by atoms with Crippen molar-refractivity contribution in [2.45, 2.75) is 25.9 Å². The van der Waals surface area contributed by atoms with E-state index in [1.165, 1.54) is 12.1 Å². The molecule has 5 heteroatoms. The highest BCUT2D eigenvalue weighted by Crippen LogP contribution is 2.34. The molecule has 1 aromatic carbocycles. The van der Waals surface area contributed by atoms with Crippen molar-refractivity contribution in [2.24, 2.45) is 11.7 Å². The lowest BCUT2D eigenvalue weighted by Gasteiger charge is -2.15. The van der Waals surface area contributed by atoms with Crippen LogP contribution in [0.15, 0.2) is 24.3 Å². The van der Waals surface area contributed by atoms with E-state index in [2.05, 4.69) is 5.32 Å². The topological polar surface area (TPSA) is 38.0 Å². The fraction of sp³-hybridized carbons (Fsp3) is 0.538. The summed E-state index contributed by atoms with van der Waals surface area (Å²) < 4.78 is 38.1. The van der Waals surface area contributed by atoms with Gasteiger partial charge in [-0.25, -0.2) is 0 Å². The molecule has 0 aliphatic heterocycles. The first-order valence-electron chi connectivity index (χ1n) is 6.05. The molecule has 3 N–H and O–H groups in total. The van der Waals surface area contributed by atoms with Crippen molar-refractivity contribution in [3.63, 3.8) is 0 Å². The maximum atomic E-state index is 12.7. The minimum atomic E-state index is -4.31. The van der Waals surface area contributed by atoms with E-state index in [0.717, 1.165) is 18.9 Å². The first-order valence-corrected chi connectivity index (χ1v) is 6.05. The first-order chi connectivity index (χ1) is 8.45. The average Bonchev–Trinajstić information content (AvgIpc) is 2.33. The SMILES string of the molecule is CC(CN)CCCNc1ccccc1C(F)(F)F. The molecule has 2 nitrogen and oxygen atoms in total. The van der Waals surface area contributed by atoms with Crippen LogP contribution in [-0.2, 0) is 6.18 Å². The van der Waals surface area contributed by atoms with Gasteiger partial charge in [-0.15, -0.1) is 0 Å². The summed E-state index contributed by atoms with van der Waals surface area (Å²) in [6.45, 7) is 3.17. The second kappa shape index (κ2) is 6.64. The third-order valence-electron chi connectivity index (χ3n) is 2.82. The molecule has 18 heavy (non-hydrogen) atoms. The zero-order valence-electron chi connectivity index (χ0n) is 10.4. The fourth-order valence-corrected chi connectivity index (χ4v) is 1.68. The second-order valence-electron chi connectivity index (χ2n) is 4.45. The molecule has 0 saturated heterocycles. The Labute approximate surface area is 105 Å². The lowest BCUT2D eigenvalue weighted by atomic mass is 10.1. The van der Waals surface area contributed by atoms with E-state index in [9.17, 15) is 13.2 Å². The Hall–Kier alpha value is -1.23. The van der Waals surface area contributed by atoms with Gasteiger partial charge in [-0.1, -0.05) is 19.1 Å². The van der Waals surface area contributed by atoms with Crippen molar-refractivity contribution in [2.75, 3.05) is 18.4 Å². The summed E-state index contributed by atoms with van der Waals surface area (Å²) in [6.07, 6.45) is -2.59. The van der Waals surface area contributed by atoms with E-state index >= 15 is 0 Å². The Morgan fingerprint density at radius 1 is 1.28 bits per heavy atom. The van der Waals surface area contributed by atoms with Gasteiger partial charge in [-0.2, -0.15) is 13.2 Å². The van der Waals surface area contributed by atoms with Crippen molar-refractivity contribution >= 4 is 5.69 Å². The molecular formula is C13H19F3N2. The Balaban J connectivity index is 2.52. The Morgan fingerprint density at radius 2 is 1.94 bits per heavy atom. The van der Waals surface area contributed by atoms with Gasteiger partial charge in [0.1, 0.15) is 0 Å². The largest absolute Gasteiger partial charge is 0.418 e. The molecule has 0 spiro atoms. The number of alkyl halides is 3. The summed E-state index contributed by atoms with van der Waals surface area (Å²) in [4.78, 5) is 0. The highest BCUT2D eigenvalue weighted by molar-refractivity contribution is 5.52. The van der Waals surface area contributed by atoms with E-state index in [0.29, 0.717) is 19.0 Å². The molecule has 0 saturated carbocycles. The molecule has 0 bridgehead atoms. The third-order valence-corrected chi connectivity index (χ3v) is 2.82. The lowest BCUT2D eigenvalue weighted by Crippen LogP contribution is -2.14. The molecule has 0 radical (unpaired) electrons. The minimum Gasteiger partial charge on any atom is -0.385 e. The van der Waals surface area contributed by atoms with Crippen LogP contribution in [0.4, 0.5) is 18.9 Å². The van der Waals surface area contributed by atoms with E-state index in [1.54, 1.807) is 6.07 Å². The second-order valence-corrected chi connectivity index (χ2v) is 4.45. The van der Waals surface area contributed by atoms with Crippen LogP contribution in [0, 0.1) is 5.92 Å². The van der Waals surface area contributed by atoms with Gasteiger partial charge in [0.05, 0.1) is 5.56 Å². The normalized spacial score (nSPS) is 13.4. The number of anilines is 1. The summed E-state index contributed by atoms with van der Waals surface area (Å²) in [5, 5.41) is 2.84. The van der Waals surface area contributed by atoms with Crippen LogP contribution in [0.3, 0.4) is 0 Å². The van der Waals surface area contributed by atoms with Gasteiger partial charge in [-0.3, -0.25) is 0 Å². The summed E-state index contributed by atoms with van der Waals surface area (Å²) in [5.41, 5.74) is 5.01. The molecule has 0 heterocycles. The Morgan fingerprint density at radius 3 is 2.56 bits per heavy atom. The van der Waals surface area contributed by atoms with Crippen LogP contribution in [0.1, 0.15) is 25.3 Å². The molecule has 0 fully saturated rings. The van der Waals surface area contributed by atoms with Crippen molar-refractivity contribution in [1.82, 2.24) is 0 Å². The Kier molecular flexibility index (Phi) is 5.47. The summed E-state index contributed by atoms with van der Waals surface area (Å²) in [7, 11) is 0. The van der Waals surface area contributed by atoms with Gasteiger partial charge in [0.25, 0.3) is 0 Å². The van der Waals surface area contributed by atoms with Crippen LogP contribution in [0.5, 0.6) is 0 Å². The molecule has 1 unspecified atom stereocenters. The fourth-order valence-electron chi connectivity index (χ4n) is 1.68. The molecule has 1 aromatic rings. The number of nitrogens with two attached hydrogens (primary N) is 1. The quantitative estimate of drug-likeness (QED) is 0.768. The average molecular weight is 260 g/mol. The van der Waals surface area contributed by atoms with Crippen LogP contribution in [-0.4, -0.2) is 13.1 Å². The predicted molar refractivity (Wildman–Crippen MR) is 67.4 cm³/mol. The summed E-state index contributed by atoms with van der Waals surface area (Å²) in [5.74, 6) is 0.407. The number of hydrogen-bond acceptors (Lipinski definition) is 2. The monoisotopic (exact) mass is 260 g/mol. The van der Waals surface area contributed by atoms with E-state index in [1.807, 2.05) is 6.92 Å². The molecule has 1 atom stereocenters. The Bertz CT molecular complexity index is 363. The third kappa shape index (κ3) is 4.56. The number of nitrogens with one attached hydrogen (secondary N) is 1. The molecule has 0 aliphatic rings. The lowest BCUT2D eigenvalue weighted by molar-refractivity contribution is -0.136.